The third-order valence-corrected chi connectivity index (χ3v) is 6.37. The fourth-order valence-electron chi connectivity index (χ4n) is 2.82. The molecule has 0 spiro atoms. The number of carbonyl (C=O) groups is 1. The van der Waals surface area contributed by atoms with Crippen molar-refractivity contribution in [3.63, 3.8) is 0 Å². The number of fused-ring (bicyclic) bond motifs is 1. The van der Waals surface area contributed by atoms with Crippen molar-refractivity contribution < 1.29 is 13.6 Å². The van der Waals surface area contributed by atoms with Gasteiger partial charge in [0, 0.05) is 34.3 Å². The minimum Gasteiger partial charge on any atom is -0.451 e. The number of hydrogen-bond acceptors (Lipinski definition) is 5. The summed E-state index contributed by atoms with van der Waals surface area (Å²) in [6.07, 6.45) is 0. The molecule has 4 rings (SSSR count). The second-order valence-electron chi connectivity index (χ2n) is 6.26. The van der Waals surface area contributed by atoms with Crippen LogP contribution in [0.1, 0.15) is 27.4 Å². The lowest BCUT2D eigenvalue weighted by atomic mass is 10.1. The Morgan fingerprint density at radius 1 is 1.21 bits per heavy atom. The lowest BCUT2D eigenvalue weighted by molar-refractivity contribution is 0.0924. The Balaban J connectivity index is 1.56. The van der Waals surface area contributed by atoms with Crippen LogP contribution in [0, 0.1) is 12.7 Å². The fraction of sp³-hybridized carbons (Fsp3) is 0.143. The Morgan fingerprint density at radius 3 is 2.75 bits per heavy atom. The molecule has 4 aromatic rings. The summed E-state index contributed by atoms with van der Waals surface area (Å²) in [5.74, 6) is 0.308. The Labute approximate surface area is 169 Å². The number of aromatic nitrogens is 1. The van der Waals surface area contributed by atoms with E-state index in [4.69, 9.17) is 4.42 Å². The minimum atomic E-state index is -0.302. The summed E-state index contributed by atoms with van der Waals surface area (Å²) >= 11 is 3.18. The first-order valence-electron chi connectivity index (χ1n) is 8.68. The number of thioether (sulfide) groups is 1. The molecule has 0 radical (unpaired) electrons. The number of para-hydroxylation sites is 1. The number of nitrogens with zero attached hydrogens (tertiary/aromatic N) is 1. The van der Waals surface area contributed by atoms with Crippen LogP contribution in [0.5, 0.6) is 0 Å². The maximum absolute atomic E-state index is 13.0. The van der Waals surface area contributed by atoms with Crippen LogP contribution in [0.3, 0.4) is 0 Å². The third kappa shape index (κ3) is 4.10. The third-order valence-electron chi connectivity index (χ3n) is 4.21. The number of nitrogens with one attached hydrogen (secondary N) is 1. The summed E-state index contributed by atoms with van der Waals surface area (Å²) in [4.78, 5) is 17.3. The summed E-state index contributed by atoms with van der Waals surface area (Å²) in [6, 6.07) is 13.7. The molecule has 0 saturated heterocycles. The summed E-state index contributed by atoms with van der Waals surface area (Å²) in [5, 5.41) is 5.79. The van der Waals surface area contributed by atoms with E-state index in [9.17, 15) is 9.18 Å². The van der Waals surface area contributed by atoms with Crippen molar-refractivity contribution in [3.8, 4) is 0 Å². The highest BCUT2D eigenvalue weighted by Crippen LogP contribution is 2.33. The topological polar surface area (TPSA) is 55.1 Å². The maximum Gasteiger partial charge on any atom is 0.287 e. The zero-order chi connectivity index (χ0) is 19.5. The molecule has 7 heteroatoms. The monoisotopic (exact) mass is 412 g/mol. The van der Waals surface area contributed by atoms with Crippen molar-refractivity contribution in [1.82, 2.24) is 10.3 Å². The highest BCUT2D eigenvalue weighted by Gasteiger charge is 2.20. The van der Waals surface area contributed by atoms with Crippen LogP contribution >= 0.6 is 23.1 Å². The van der Waals surface area contributed by atoms with Crippen LogP contribution in [-0.4, -0.2) is 10.9 Å². The van der Waals surface area contributed by atoms with E-state index >= 15 is 0 Å². The Hall–Kier alpha value is -2.64. The second kappa shape index (κ2) is 8.16. The predicted molar refractivity (Wildman–Crippen MR) is 110 cm³/mol. The van der Waals surface area contributed by atoms with Gasteiger partial charge in [0.05, 0.1) is 0 Å². The minimum absolute atomic E-state index is 0.286. The largest absolute Gasteiger partial charge is 0.451 e. The van der Waals surface area contributed by atoms with Crippen molar-refractivity contribution in [2.75, 3.05) is 0 Å². The quantitative estimate of drug-likeness (QED) is 0.421. The first-order chi connectivity index (χ1) is 13.6. The molecule has 0 aliphatic heterocycles. The molecule has 0 aliphatic carbocycles. The molecule has 0 atom stereocenters. The molecule has 2 aromatic heterocycles. The van der Waals surface area contributed by atoms with E-state index in [1.165, 1.54) is 12.1 Å². The van der Waals surface area contributed by atoms with E-state index in [0.717, 1.165) is 26.5 Å². The highest BCUT2D eigenvalue weighted by molar-refractivity contribution is 8.00. The Morgan fingerprint density at radius 2 is 2.00 bits per heavy atom. The molecule has 0 bridgehead atoms. The van der Waals surface area contributed by atoms with Gasteiger partial charge in [0.2, 0.25) is 0 Å². The Kier molecular flexibility index (Phi) is 5.45. The summed E-state index contributed by atoms with van der Waals surface area (Å²) in [6.45, 7) is 2.26. The van der Waals surface area contributed by atoms with Crippen LogP contribution in [0.4, 0.5) is 4.39 Å². The maximum atomic E-state index is 13.0. The van der Waals surface area contributed by atoms with Crippen LogP contribution in [-0.2, 0) is 12.3 Å². The number of thiazole rings is 1. The van der Waals surface area contributed by atoms with E-state index in [2.05, 4.69) is 10.3 Å². The van der Waals surface area contributed by atoms with Crippen molar-refractivity contribution in [2.24, 2.45) is 0 Å². The van der Waals surface area contributed by atoms with E-state index in [1.807, 2.05) is 36.6 Å². The average Bonchev–Trinajstić information content (AvgIpc) is 3.29. The Bertz CT molecular complexity index is 1120. The lowest BCUT2D eigenvalue weighted by Crippen LogP contribution is -2.23. The van der Waals surface area contributed by atoms with Gasteiger partial charge in [-0.1, -0.05) is 42.1 Å². The van der Waals surface area contributed by atoms with Crippen molar-refractivity contribution in [1.29, 1.82) is 0 Å². The number of rotatable bonds is 6. The molecule has 0 saturated carbocycles. The van der Waals surface area contributed by atoms with Crippen LogP contribution in [0.15, 0.2) is 62.7 Å². The smallest absolute Gasteiger partial charge is 0.287 e. The number of amides is 1. The van der Waals surface area contributed by atoms with E-state index in [0.29, 0.717) is 23.6 Å². The number of halogens is 1. The number of benzene rings is 2. The molecule has 2 heterocycles. The van der Waals surface area contributed by atoms with Gasteiger partial charge in [-0.05, 0) is 30.7 Å². The molecule has 0 unspecified atom stereocenters. The van der Waals surface area contributed by atoms with Gasteiger partial charge in [0.15, 0.2) is 5.76 Å². The van der Waals surface area contributed by atoms with Gasteiger partial charge < -0.3 is 9.73 Å². The van der Waals surface area contributed by atoms with Gasteiger partial charge in [0.25, 0.3) is 5.91 Å². The molecular formula is C21H17FN2O2S2. The molecule has 2 aromatic carbocycles. The first kappa shape index (κ1) is 18.7. The predicted octanol–water partition coefficient (Wildman–Crippen LogP) is 5.56. The normalized spacial score (nSPS) is 11.1. The number of aryl methyl sites for hydroxylation is 1. The van der Waals surface area contributed by atoms with Crippen LogP contribution in [0.25, 0.3) is 11.0 Å². The van der Waals surface area contributed by atoms with E-state index in [-0.39, 0.29) is 11.7 Å². The van der Waals surface area contributed by atoms with E-state index < -0.39 is 0 Å². The summed E-state index contributed by atoms with van der Waals surface area (Å²) < 4.78 is 19.9. The standard InChI is InChI=1S/C21H17FN2O2S2/c1-13-11-27-21(24-13)28-12-17-16-4-2-3-5-18(16)26-19(17)20(25)23-10-14-6-8-15(22)9-7-14/h2-9,11H,10,12H2,1H3,(H,23,25). The second-order valence-corrected chi connectivity index (χ2v) is 8.34. The number of hydrogen-bond donors (Lipinski definition) is 1. The van der Waals surface area contributed by atoms with Gasteiger partial charge in [0.1, 0.15) is 15.7 Å². The summed E-state index contributed by atoms with van der Waals surface area (Å²) in [7, 11) is 0. The van der Waals surface area contributed by atoms with E-state index in [1.54, 1.807) is 35.2 Å². The van der Waals surface area contributed by atoms with Crippen LogP contribution in [0.2, 0.25) is 0 Å². The SMILES string of the molecule is Cc1csc(SCc2c(C(=O)NCc3ccc(F)cc3)oc3ccccc23)n1. The van der Waals surface area contributed by atoms with Gasteiger partial charge in [-0.2, -0.15) is 0 Å². The zero-order valence-electron chi connectivity index (χ0n) is 15.1. The highest BCUT2D eigenvalue weighted by atomic mass is 32.2. The molecule has 142 valence electrons. The van der Waals surface area contributed by atoms with Gasteiger partial charge >= 0.3 is 0 Å². The molecule has 4 nitrogen and oxygen atoms in total. The molecule has 0 aliphatic rings. The molecular weight excluding hydrogens is 395 g/mol. The number of furan rings is 1. The first-order valence-corrected chi connectivity index (χ1v) is 10.5. The zero-order valence-corrected chi connectivity index (χ0v) is 16.7. The number of carbonyl (C=O) groups excluding carboxylic acids is 1. The van der Waals surface area contributed by atoms with Gasteiger partial charge in [-0.25, -0.2) is 9.37 Å². The van der Waals surface area contributed by atoms with Gasteiger partial charge in [-0.15, -0.1) is 11.3 Å². The fourth-order valence-corrected chi connectivity index (χ4v) is 4.70. The molecule has 28 heavy (non-hydrogen) atoms. The van der Waals surface area contributed by atoms with Gasteiger partial charge in [-0.3, -0.25) is 4.79 Å². The molecule has 0 fully saturated rings. The van der Waals surface area contributed by atoms with Crippen molar-refractivity contribution in [2.45, 2.75) is 23.6 Å². The van der Waals surface area contributed by atoms with Crippen molar-refractivity contribution in [3.05, 3.63) is 82.3 Å². The lowest BCUT2D eigenvalue weighted by Gasteiger charge is -2.05. The van der Waals surface area contributed by atoms with Crippen molar-refractivity contribution >= 4 is 40.0 Å². The molecule has 1 N–H and O–H groups in total. The summed E-state index contributed by atoms with van der Waals surface area (Å²) in [5.41, 5.74) is 3.34. The average molecular weight is 413 g/mol. The van der Waals surface area contributed by atoms with Crippen LogP contribution < -0.4 is 5.32 Å². The molecule has 1 amide bonds.